The van der Waals surface area contributed by atoms with E-state index in [0.717, 1.165) is 15.9 Å². The summed E-state index contributed by atoms with van der Waals surface area (Å²) in [7, 11) is 0. The van der Waals surface area contributed by atoms with E-state index in [2.05, 4.69) is 4.98 Å². The van der Waals surface area contributed by atoms with Crippen molar-refractivity contribution in [1.82, 2.24) is 4.98 Å². The Balaban J connectivity index is 1.35. The Morgan fingerprint density at radius 1 is 1.27 bits per heavy atom. The van der Waals surface area contributed by atoms with E-state index in [0.29, 0.717) is 13.0 Å². The molecule has 1 aliphatic heterocycles. The summed E-state index contributed by atoms with van der Waals surface area (Å²) in [6.45, 7) is 4.84. The molecule has 7 nitrogen and oxygen atoms in total. The van der Waals surface area contributed by atoms with E-state index in [9.17, 15) is 19.8 Å². The Labute approximate surface area is 234 Å². The molecule has 1 saturated heterocycles. The van der Waals surface area contributed by atoms with Crippen LogP contribution in [0.15, 0.2) is 47.5 Å². The third kappa shape index (κ3) is 2.81. The molecule has 0 spiro atoms. The number of carbonyl (C=O) groups excluding carboxylic acids is 2. The number of ketones is 2. The van der Waals surface area contributed by atoms with Gasteiger partial charge in [-0.25, -0.2) is 13.8 Å². The molecule has 212 valence electrons. The third-order valence-electron chi connectivity index (χ3n) is 11.5. The molecule has 1 aromatic carbocycles. The van der Waals surface area contributed by atoms with Gasteiger partial charge in [0.15, 0.2) is 22.8 Å². The number of benzene rings is 1. The molecule has 0 amide bonds. The summed E-state index contributed by atoms with van der Waals surface area (Å²) in [5.74, 6) is -2.32. The summed E-state index contributed by atoms with van der Waals surface area (Å²) < 4.78 is 34.6. The lowest BCUT2D eigenvalue weighted by atomic mass is 9.39. The summed E-state index contributed by atoms with van der Waals surface area (Å²) in [6.07, 6.45) is 0.705. The van der Waals surface area contributed by atoms with Crippen LogP contribution in [0.5, 0.6) is 0 Å². The van der Waals surface area contributed by atoms with Crippen molar-refractivity contribution in [2.75, 3.05) is 18.2 Å². The maximum Gasteiger partial charge on any atom is 0.193 e. The van der Waals surface area contributed by atoms with E-state index in [1.165, 1.54) is 29.6 Å². The topological polar surface area (TPSA) is 100.0 Å². The van der Waals surface area contributed by atoms with Crippen LogP contribution in [0, 0.1) is 28.1 Å². The average molecular weight is 571 g/mol. The van der Waals surface area contributed by atoms with Gasteiger partial charge >= 0.3 is 0 Å². The standard InChI is InChI=1S/C30H32F2N2O5S/c1-26-7-6-18(36)9-19(26)20(31)10-23-27(2)11-16-13-34(17-4-5-21-22(8-17)40-15-33-21)39-30(16,25(38)14-35)28(27,3)12-24(37)29(23,26)32/h4-9,15-16,20,23-24,35,37H,10-14H2,1-3H3/t16-,20-,23-,24-,26-,27-,28-,29-,30-/m0/s1. The van der Waals surface area contributed by atoms with Crippen molar-refractivity contribution in [3.63, 3.8) is 0 Å². The van der Waals surface area contributed by atoms with Crippen LogP contribution in [-0.2, 0) is 14.4 Å². The molecule has 3 saturated carbocycles. The Bertz CT molecular complexity index is 1530. The number of anilines is 1. The number of allylic oxidation sites excluding steroid dienone is 4. The smallest absolute Gasteiger partial charge is 0.193 e. The number of rotatable bonds is 3. The lowest BCUT2D eigenvalue weighted by Crippen LogP contribution is -2.73. The predicted octanol–water partition coefficient (Wildman–Crippen LogP) is 4.28. The van der Waals surface area contributed by atoms with E-state index in [1.54, 1.807) is 17.5 Å². The monoisotopic (exact) mass is 570 g/mol. The van der Waals surface area contributed by atoms with Crippen molar-refractivity contribution >= 4 is 38.8 Å². The molecule has 4 aliphatic carbocycles. The summed E-state index contributed by atoms with van der Waals surface area (Å²) in [5, 5.41) is 23.6. The van der Waals surface area contributed by atoms with Crippen molar-refractivity contribution in [2.45, 2.75) is 63.6 Å². The highest BCUT2D eigenvalue weighted by Crippen LogP contribution is 2.77. The van der Waals surface area contributed by atoms with E-state index in [4.69, 9.17) is 4.84 Å². The van der Waals surface area contributed by atoms with Crippen LogP contribution in [0.3, 0.4) is 0 Å². The van der Waals surface area contributed by atoms with Crippen molar-refractivity contribution < 1.29 is 33.4 Å². The van der Waals surface area contributed by atoms with Crippen LogP contribution >= 0.6 is 11.3 Å². The zero-order valence-electron chi connectivity index (χ0n) is 22.6. The first-order valence-electron chi connectivity index (χ1n) is 13.8. The first-order valence-corrected chi connectivity index (χ1v) is 14.6. The van der Waals surface area contributed by atoms with E-state index in [1.807, 2.05) is 32.0 Å². The lowest BCUT2D eigenvalue weighted by Gasteiger charge is -2.67. The van der Waals surface area contributed by atoms with E-state index >= 15 is 8.78 Å². The van der Waals surface area contributed by atoms with Gasteiger partial charge in [0.25, 0.3) is 0 Å². The molecule has 9 atom stereocenters. The van der Waals surface area contributed by atoms with Gasteiger partial charge in [-0.15, -0.1) is 11.3 Å². The number of aliphatic hydroxyl groups is 2. The van der Waals surface area contributed by atoms with Crippen molar-refractivity contribution in [3.8, 4) is 0 Å². The van der Waals surface area contributed by atoms with Crippen LogP contribution in [0.4, 0.5) is 14.5 Å². The average Bonchev–Trinajstić information content (AvgIpc) is 3.59. The van der Waals surface area contributed by atoms with Crippen LogP contribution in [0.1, 0.15) is 40.0 Å². The highest BCUT2D eigenvalue weighted by atomic mass is 32.1. The molecule has 2 aromatic rings. The zero-order valence-corrected chi connectivity index (χ0v) is 23.4. The molecule has 40 heavy (non-hydrogen) atoms. The molecule has 1 aromatic heterocycles. The minimum Gasteiger partial charge on any atom is -0.390 e. The molecule has 7 rings (SSSR count). The summed E-state index contributed by atoms with van der Waals surface area (Å²) in [5.41, 5.74) is -4.02. The maximum absolute atomic E-state index is 17.7. The summed E-state index contributed by atoms with van der Waals surface area (Å²) in [6, 6.07) is 5.68. The van der Waals surface area contributed by atoms with Crippen LogP contribution < -0.4 is 5.06 Å². The van der Waals surface area contributed by atoms with Gasteiger partial charge in [-0.2, -0.15) is 0 Å². The number of thiazole rings is 1. The minimum atomic E-state index is -2.27. The molecule has 0 unspecified atom stereocenters. The summed E-state index contributed by atoms with van der Waals surface area (Å²) >= 11 is 1.49. The van der Waals surface area contributed by atoms with Crippen molar-refractivity contribution in [3.05, 3.63) is 47.5 Å². The number of aliphatic hydroxyl groups excluding tert-OH is 2. The largest absolute Gasteiger partial charge is 0.390 e. The van der Waals surface area contributed by atoms with Gasteiger partial charge in [-0.3, -0.25) is 19.5 Å². The molecule has 0 radical (unpaired) electrons. The number of Topliss-reactive ketones (excluding diaryl/α,β-unsaturated/α-hetero) is 1. The highest BCUT2D eigenvalue weighted by molar-refractivity contribution is 7.16. The lowest BCUT2D eigenvalue weighted by molar-refractivity contribution is -0.256. The van der Waals surface area contributed by atoms with E-state index in [-0.39, 0.29) is 18.4 Å². The molecule has 5 aliphatic rings. The van der Waals surface area contributed by atoms with Gasteiger partial charge in [0.2, 0.25) is 0 Å². The highest BCUT2D eigenvalue weighted by Gasteiger charge is 2.83. The van der Waals surface area contributed by atoms with Gasteiger partial charge in [-0.05, 0) is 67.5 Å². The second-order valence-electron chi connectivity index (χ2n) is 12.9. The first kappa shape index (κ1) is 26.4. The van der Waals surface area contributed by atoms with Crippen LogP contribution in [0.25, 0.3) is 10.2 Å². The Morgan fingerprint density at radius 3 is 2.80 bits per heavy atom. The molecule has 2 N–H and O–H groups in total. The van der Waals surface area contributed by atoms with Crippen molar-refractivity contribution in [1.29, 1.82) is 0 Å². The van der Waals surface area contributed by atoms with Gasteiger partial charge in [0, 0.05) is 22.7 Å². The second kappa shape index (κ2) is 8.06. The Hall–Kier alpha value is -2.53. The fourth-order valence-electron chi connectivity index (χ4n) is 9.47. The molecular weight excluding hydrogens is 538 g/mol. The van der Waals surface area contributed by atoms with Gasteiger partial charge in [0.05, 0.1) is 34.1 Å². The number of hydroxylamine groups is 1. The van der Waals surface area contributed by atoms with Crippen LogP contribution in [-0.4, -0.2) is 63.5 Å². The first-order chi connectivity index (χ1) is 18.9. The minimum absolute atomic E-state index is 0.0604. The number of nitrogens with zero attached hydrogens (tertiary/aromatic N) is 2. The third-order valence-corrected chi connectivity index (χ3v) is 12.3. The fraction of sp³-hybridized carbons (Fsp3) is 0.567. The number of alkyl halides is 2. The fourth-order valence-corrected chi connectivity index (χ4v) is 10.2. The number of hydrogen-bond acceptors (Lipinski definition) is 8. The second-order valence-corrected chi connectivity index (χ2v) is 13.8. The van der Waals surface area contributed by atoms with Gasteiger partial charge in [0.1, 0.15) is 12.8 Å². The van der Waals surface area contributed by atoms with Gasteiger partial charge < -0.3 is 10.2 Å². The quantitative estimate of drug-likeness (QED) is 0.568. The Kier molecular flexibility index (Phi) is 5.31. The molecular formula is C30H32F2N2O5S. The maximum atomic E-state index is 17.7. The Morgan fingerprint density at radius 2 is 2.05 bits per heavy atom. The van der Waals surface area contributed by atoms with Crippen molar-refractivity contribution in [2.24, 2.45) is 28.1 Å². The predicted molar refractivity (Wildman–Crippen MR) is 145 cm³/mol. The normalized spacial score (nSPS) is 45.6. The van der Waals surface area contributed by atoms with Gasteiger partial charge in [-0.1, -0.05) is 19.9 Å². The molecule has 4 fully saturated rings. The van der Waals surface area contributed by atoms with Crippen LogP contribution in [0.2, 0.25) is 0 Å². The van der Waals surface area contributed by atoms with E-state index < -0.39 is 69.8 Å². The number of halogens is 2. The number of fused-ring (bicyclic) bond motifs is 8. The number of carbonyl (C=O) groups is 2. The molecule has 0 bridgehead atoms. The molecule has 10 heteroatoms. The molecule has 2 heterocycles. The number of hydrogen-bond donors (Lipinski definition) is 2. The zero-order chi connectivity index (χ0) is 28.5. The summed E-state index contributed by atoms with van der Waals surface area (Å²) in [4.78, 5) is 36.9. The number of aromatic nitrogens is 1. The SMILES string of the molecule is C[C@]12C[C@H](O)[C@@]3(F)[C@@H](C[C@H](F)C4=CC(=O)C=C[C@@]43C)[C@]1(C)C[C@H]1CN(c3ccc4ncsc4c3)O[C@]12C(=O)CO.